The number of carbonyl (C=O) groups is 1. The average Bonchev–Trinajstić information content (AvgIpc) is 3.44. The number of ketones is 1. The van der Waals surface area contributed by atoms with Gasteiger partial charge >= 0.3 is 0 Å². The maximum Gasteiger partial charge on any atom is 0.231 e. The van der Waals surface area contributed by atoms with Gasteiger partial charge in [0, 0.05) is 11.6 Å². The summed E-state index contributed by atoms with van der Waals surface area (Å²) >= 11 is 3.60. The number of fused-ring (bicyclic) bond motifs is 1. The Morgan fingerprint density at radius 2 is 1.58 bits per heavy atom. The number of hydrogen-bond acceptors (Lipinski definition) is 6. The lowest BCUT2D eigenvalue weighted by Crippen LogP contribution is -2.03. The van der Waals surface area contributed by atoms with Gasteiger partial charge in [0.25, 0.3) is 0 Å². The number of allylic oxidation sites excluding steroid dienone is 1. The monoisotopic (exact) mass is 572 g/mol. The summed E-state index contributed by atoms with van der Waals surface area (Å²) < 4.78 is 29.4. The van der Waals surface area contributed by atoms with E-state index in [1.54, 1.807) is 37.5 Å². The van der Waals surface area contributed by atoms with E-state index in [0.717, 1.165) is 11.1 Å². The summed E-state index contributed by atoms with van der Waals surface area (Å²) in [6, 6.07) is 26.6. The van der Waals surface area contributed by atoms with E-state index >= 15 is 0 Å². The highest BCUT2D eigenvalue weighted by molar-refractivity contribution is 9.10. The lowest BCUT2D eigenvalue weighted by molar-refractivity contribution is 0.104. The van der Waals surface area contributed by atoms with Crippen molar-refractivity contribution in [2.45, 2.75) is 13.2 Å². The zero-order valence-electron chi connectivity index (χ0n) is 20.7. The minimum Gasteiger partial charge on any atom is -0.497 e. The standard InChI is InChI=1S/C31H25BrO6/c1-34-24-13-14-25(27(17-24)35-18-21-8-4-2-5-9-21)26(33)15-12-23-16-28-31(38-20-37-28)29(32)30(23)36-19-22-10-6-3-7-11-22/h2-17H,18-20H2,1H3/b15-12+. The highest BCUT2D eigenvalue weighted by Crippen LogP contribution is 2.47. The van der Waals surface area contributed by atoms with Crippen LogP contribution in [-0.2, 0) is 13.2 Å². The van der Waals surface area contributed by atoms with E-state index in [2.05, 4.69) is 15.9 Å². The van der Waals surface area contributed by atoms with Crippen LogP contribution in [0.15, 0.2) is 95.5 Å². The number of benzene rings is 4. The molecule has 0 fully saturated rings. The fourth-order valence-electron chi connectivity index (χ4n) is 3.95. The molecule has 0 radical (unpaired) electrons. The highest BCUT2D eigenvalue weighted by atomic mass is 79.9. The predicted octanol–water partition coefficient (Wildman–Crippen LogP) is 7.24. The first-order chi connectivity index (χ1) is 18.6. The van der Waals surface area contributed by atoms with Crippen molar-refractivity contribution >= 4 is 27.8 Å². The van der Waals surface area contributed by atoms with Crippen molar-refractivity contribution in [2.75, 3.05) is 13.9 Å². The Labute approximate surface area is 229 Å². The fourth-order valence-corrected chi connectivity index (χ4v) is 4.60. The molecule has 0 unspecified atom stereocenters. The van der Waals surface area contributed by atoms with Gasteiger partial charge in [-0.25, -0.2) is 0 Å². The van der Waals surface area contributed by atoms with Gasteiger partial charge in [0.2, 0.25) is 6.79 Å². The van der Waals surface area contributed by atoms with Crippen LogP contribution in [0.3, 0.4) is 0 Å². The van der Waals surface area contributed by atoms with Gasteiger partial charge in [-0.05, 0) is 57.4 Å². The van der Waals surface area contributed by atoms with Crippen LogP contribution in [0.25, 0.3) is 6.08 Å². The second-order valence-electron chi connectivity index (χ2n) is 8.45. The fraction of sp³-hybridized carbons (Fsp3) is 0.129. The number of methoxy groups -OCH3 is 1. The third kappa shape index (κ3) is 5.84. The van der Waals surface area contributed by atoms with Crippen LogP contribution >= 0.6 is 15.9 Å². The topological polar surface area (TPSA) is 63.2 Å². The van der Waals surface area contributed by atoms with Crippen LogP contribution in [0.1, 0.15) is 27.0 Å². The highest BCUT2D eigenvalue weighted by Gasteiger charge is 2.24. The van der Waals surface area contributed by atoms with E-state index in [1.807, 2.05) is 60.7 Å². The molecule has 4 aromatic rings. The molecule has 7 heteroatoms. The molecular weight excluding hydrogens is 548 g/mol. The predicted molar refractivity (Wildman–Crippen MR) is 148 cm³/mol. The van der Waals surface area contributed by atoms with E-state index in [-0.39, 0.29) is 12.6 Å². The molecular formula is C31H25BrO6. The lowest BCUT2D eigenvalue weighted by atomic mass is 10.1. The normalized spacial score (nSPS) is 11.9. The molecule has 0 bridgehead atoms. The Bertz CT molecular complexity index is 1450. The van der Waals surface area contributed by atoms with Gasteiger partial charge in [0.15, 0.2) is 17.3 Å². The second kappa shape index (κ2) is 11.9. The van der Waals surface area contributed by atoms with Crippen LogP contribution in [0, 0.1) is 0 Å². The van der Waals surface area contributed by atoms with E-state index in [9.17, 15) is 4.79 Å². The molecule has 5 rings (SSSR count). The third-order valence-electron chi connectivity index (χ3n) is 5.92. The van der Waals surface area contributed by atoms with E-state index in [1.165, 1.54) is 6.08 Å². The zero-order valence-corrected chi connectivity index (χ0v) is 22.3. The summed E-state index contributed by atoms with van der Waals surface area (Å²) in [6.45, 7) is 0.792. The van der Waals surface area contributed by atoms with Crippen LogP contribution < -0.4 is 23.7 Å². The molecule has 1 aliphatic rings. The second-order valence-corrected chi connectivity index (χ2v) is 9.24. The van der Waals surface area contributed by atoms with Crippen LogP contribution in [0.4, 0.5) is 0 Å². The first-order valence-corrected chi connectivity index (χ1v) is 12.8. The number of rotatable bonds is 10. The summed E-state index contributed by atoms with van der Waals surface area (Å²) in [7, 11) is 1.58. The number of halogens is 1. The number of hydrogen-bond donors (Lipinski definition) is 0. The van der Waals surface area contributed by atoms with Crippen molar-refractivity contribution in [1.29, 1.82) is 0 Å². The summed E-state index contributed by atoms with van der Waals surface area (Å²) in [5.74, 6) is 2.52. The molecule has 0 aliphatic carbocycles. The summed E-state index contributed by atoms with van der Waals surface area (Å²) in [5, 5.41) is 0. The molecule has 6 nitrogen and oxygen atoms in total. The van der Waals surface area contributed by atoms with Crippen LogP contribution in [-0.4, -0.2) is 19.7 Å². The van der Waals surface area contributed by atoms with E-state index in [4.69, 9.17) is 23.7 Å². The third-order valence-corrected chi connectivity index (χ3v) is 6.64. The Kier molecular flexibility index (Phi) is 7.95. The minimum atomic E-state index is -0.224. The quantitative estimate of drug-likeness (QED) is 0.147. The van der Waals surface area contributed by atoms with Crippen LogP contribution in [0.5, 0.6) is 28.7 Å². The molecule has 1 aliphatic heterocycles. The van der Waals surface area contributed by atoms with Gasteiger partial charge < -0.3 is 23.7 Å². The molecule has 192 valence electrons. The Morgan fingerprint density at radius 1 is 0.895 bits per heavy atom. The first kappa shape index (κ1) is 25.4. The Balaban J connectivity index is 1.41. The molecule has 0 saturated heterocycles. The van der Waals surface area contributed by atoms with Gasteiger partial charge in [0.05, 0.1) is 12.7 Å². The first-order valence-electron chi connectivity index (χ1n) is 12.0. The molecule has 1 heterocycles. The molecule has 4 aromatic carbocycles. The molecule has 0 spiro atoms. The summed E-state index contributed by atoms with van der Waals surface area (Å²) in [4.78, 5) is 13.3. The van der Waals surface area contributed by atoms with Gasteiger partial charge in [-0.1, -0.05) is 60.7 Å². The summed E-state index contributed by atoms with van der Waals surface area (Å²) in [5.41, 5.74) is 3.10. The number of ether oxygens (including phenoxy) is 5. The Morgan fingerprint density at radius 3 is 2.26 bits per heavy atom. The van der Waals surface area contributed by atoms with E-state index < -0.39 is 0 Å². The van der Waals surface area contributed by atoms with Gasteiger partial charge in [-0.2, -0.15) is 0 Å². The van der Waals surface area contributed by atoms with Crippen LogP contribution in [0.2, 0.25) is 0 Å². The smallest absolute Gasteiger partial charge is 0.231 e. The minimum absolute atomic E-state index is 0.117. The van der Waals surface area contributed by atoms with Crippen molar-refractivity contribution in [2.24, 2.45) is 0 Å². The average molecular weight is 573 g/mol. The molecule has 0 saturated carbocycles. The number of carbonyl (C=O) groups excluding carboxylic acids is 1. The van der Waals surface area contributed by atoms with Crippen molar-refractivity contribution in [3.63, 3.8) is 0 Å². The molecule has 0 amide bonds. The summed E-state index contributed by atoms with van der Waals surface area (Å²) in [6.07, 6.45) is 3.21. The van der Waals surface area contributed by atoms with Crippen molar-refractivity contribution in [3.05, 3.63) is 118 Å². The molecule has 0 N–H and O–H groups in total. The largest absolute Gasteiger partial charge is 0.497 e. The van der Waals surface area contributed by atoms with Crippen molar-refractivity contribution < 1.29 is 28.5 Å². The Hall–Kier alpha value is -4.23. The lowest BCUT2D eigenvalue weighted by Gasteiger charge is -2.14. The van der Waals surface area contributed by atoms with Gasteiger partial charge in [-0.15, -0.1) is 0 Å². The SMILES string of the molecule is COc1ccc(C(=O)/C=C/c2cc3c(c(Br)c2OCc2ccccc2)OCO3)c(OCc2ccccc2)c1. The van der Waals surface area contributed by atoms with Gasteiger partial charge in [0.1, 0.15) is 34.9 Å². The van der Waals surface area contributed by atoms with Crippen molar-refractivity contribution in [1.82, 2.24) is 0 Å². The van der Waals surface area contributed by atoms with Gasteiger partial charge in [-0.3, -0.25) is 4.79 Å². The maximum atomic E-state index is 13.3. The van der Waals surface area contributed by atoms with Crippen molar-refractivity contribution in [3.8, 4) is 28.7 Å². The molecule has 38 heavy (non-hydrogen) atoms. The maximum absolute atomic E-state index is 13.3. The van der Waals surface area contributed by atoms with E-state index in [0.29, 0.717) is 57.6 Å². The molecule has 0 atom stereocenters. The zero-order chi connectivity index (χ0) is 26.3. The molecule has 0 aromatic heterocycles.